The summed E-state index contributed by atoms with van der Waals surface area (Å²) in [6, 6.07) is 10.1. The first-order valence-corrected chi connectivity index (χ1v) is 6.50. The molecular formula is C15H15N3O2. The van der Waals surface area contributed by atoms with Crippen molar-refractivity contribution >= 4 is 22.5 Å². The molecule has 0 aliphatic heterocycles. The summed E-state index contributed by atoms with van der Waals surface area (Å²) in [5.74, 6) is 0.541. The molecule has 0 fully saturated rings. The Morgan fingerprint density at radius 3 is 2.90 bits per heavy atom. The second-order valence-corrected chi connectivity index (χ2v) is 4.73. The van der Waals surface area contributed by atoms with Crippen molar-refractivity contribution < 1.29 is 9.53 Å². The predicted molar refractivity (Wildman–Crippen MR) is 75.6 cm³/mol. The number of esters is 1. The number of fused-ring (bicyclic) bond motifs is 3. The Labute approximate surface area is 116 Å². The van der Waals surface area contributed by atoms with Gasteiger partial charge < -0.3 is 4.74 Å². The molecule has 0 spiro atoms. The summed E-state index contributed by atoms with van der Waals surface area (Å²) in [5, 5.41) is 9.56. The number of methoxy groups -OCH3 is 1. The smallest absolute Gasteiger partial charge is 0.305 e. The maximum atomic E-state index is 11.3. The molecule has 0 aliphatic rings. The topological polar surface area (TPSA) is 56.5 Å². The van der Waals surface area contributed by atoms with Gasteiger partial charge in [0.05, 0.1) is 19.0 Å². The highest BCUT2D eigenvalue weighted by Gasteiger charge is 2.12. The van der Waals surface area contributed by atoms with E-state index >= 15 is 0 Å². The molecule has 0 N–H and O–H groups in total. The van der Waals surface area contributed by atoms with Crippen LogP contribution in [0.4, 0.5) is 0 Å². The van der Waals surface area contributed by atoms with Gasteiger partial charge in [0.25, 0.3) is 0 Å². The van der Waals surface area contributed by atoms with Gasteiger partial charge in [0, 0.05) is 11.8 Å². The zero-order chi connectivity index (χ0) is 14.1. The highest BCUT2D eigenvalue weighted by molar-refractivity contribution is 5.85. The van der Waals surface area contributed by atoms with Gasteiger partial charge in [0.2, 0.25) is 0 Å². The van der Waals surface area contributed by atoms with Gasteiger partial charge in [0.1, 0.15) is 5.82 Å². The van der Waals surface area contributed by atoms with Crippen molar-refractivity contribution in [1.29, 1.82) is 0 Å². The van der Waals surface area contributed by atoms with Crippen molar-refractivity contribution in [3.8, 4) is 0 Å². The van der Waals surface area contributed by atoms with E-state index in [4.69, 9.17) is 0 Å². The summed E-state index contributed by atoms with van der Waals surface area (Å²) in [5.41, 5.74) is 3.04. The molecule has 0 unspecified atom stereocenters. The largest absolute Gasteiger partial charge is 0.469 e. The summed E-state index contributed by atoms with van der Waals surface area (Å²) in [6.45, 7) is 2.06. The third kappa shape index (κ3) is 2.01. The quantitative estimate of drug-likeness (QED) is 0.685. The lowest BCUT2D eigenvalue weighted by atomic mass is 10.1. The van der Waals surface area contributed by atoms with Gasteiger partial charge >= 0.3 is 5.97 Å². The monoisotopic (exact) mass is 269 g/mol. The molecule has 0 saturated carbocycles. The van der Waals surface area contributed by atoms with Crippen LogP contribution in [0.25, 0.3) is 16.6 Å². The molecule has 3 rings (SSSR count). The van der Waals surface area contributed by atoms with Crippen LogP contribution in [0.15, 0.2) is 30.3 Å². The number of hydrogen-bond acceptors (Lipinski definition) is 4. The lowest BCUT2D eigenvalue weighted by molar-refractivity contribution is -0.140. The second-order valence-electron chi connectivity index (χ2n) is 4.73. The molecule has 2 aromatic heterocycles. The number of nitrogens with zero attached hydrogens (tertiary/aromatic N) is 3. The molecule has 0 bridgehead atoms. The van der Waals surface area contributed by atoms with Crippen molar-refractivity contribution in [2.24, 2.45) is 0 Å². The van der Waals surface area contributed by atoms with Gasteiger partial charge in [-0.1, -0.05) is 18.2 Å². The summed E-state index contributed by atoms with van der Waals surface area (Å²) >= 11 is 0. The molecule has 20 heavy (non-hydrogen) atoms. The number of hydrogen-bond donors (Lipinski definition) is 0. The predicted octanol–water partition coefficient (Wildman–Crippen LogP) is 2.30. The number of pyridine rings is 1. The maximum absolute atomic E-state index is 11.3. The van der Waals surface area contributed by atoms with Gasteiger partial charge in [-0.15, -0.1) is 10.2 Å². The van der Waals surface area contributed by atoms with E-state index < -0.39 is 0 Å². The normalized spacial score (nSPS) is 11.1. The molecule has 0 aliphatic carbocycles. The number of benzene rings is 1. The fraction of sp³-hybridized carbons (Fsp3) is 0.267. The Morgan fingerprint density at radius 2 is 2.10 bits per heavy atom. The second kappa shape index (κ2) is 4.92. The number of aromatic nitrogens is 3. The lowest BCUT2D eigenvalue weighted by Crippen LogP contribution is -2.05. The minimum absolute atomic E-state index is 0.238. The molecule has 2 heterocycles. The molecule has 102 valence electrons. The number of carbonyl (C=O) groups excluding carboxylic acids is 1. The SMILES string of the molecule is COC(=O)CCc1nnc2cc(C)c3ccccc3n12. The Bertz CT molecular complexity index is 792. The van der Waals surface area contributed by atoms with Crippen LogP contribution < -0.4 is 0 Å². The Morgan fingerprint density at radius 1 is 1.30 bits per heavy atom. The minimum atomic E-state index is -0.238. The number of carbonyl (C=O) groups is 1. The first-order chi connectivity index (χ1) is 9.70. The molecular weight excluding hydrogens is 254 g/mol. The van der Waals surface area contributed by atoms with Gasteiger partial charge in [-0.05, 0) is 24.6 Å². The highest BCUT2D eigenvalue weighted by Crippen LogP contribution is 2.21. The number of para-hydroxylation sites is 1. The van der Waals surface area contributed by atoms with Crippen LogP contribution >= 0.6 is 0 Å². The van der Waals surface area contributed by atoms with Gasteiger partial charge in [-0.3, -0.25) is 9.20 Å². The molecule has 5 nitrogen and oxygen atoms in total. The third-order valence-corrected chi connectivity index (χ3v) is 3.45. The van der Waals surface area contributed by atoms with Gasteiger partial charge in [-0.2, -0.15) is 0 Å². The van der Waals surface area contributed by atoms with Gasteiger partial charge in [0.15, 0.2) is 5.65 Å². The van der Waals surface area contributed by atoms with Crippen LogP contribution in [0.3, 0.4) is 0 Å². The van der Waals surface area contributed by atoms with E-state index in [0.717, 1.165) is 17.0 Å². The van der Waals surface area contributed by atoms with Gasteiger partial charge in [-0.25, -0.2) is 0 Å². The lowest BCUT2D eigenvalue weighted by Gasteiger charge is -2.07. The van der Waals surface area contributed by atoms with Crippen LogP contribution in [-0.4, -0.2) is 27.7 Å². The Hall–Kier alpha value is -2.43. The Kier molecular flexibility index (Phi) is 3.10. The van der Waals surface area contributed by atoms with E-state index in [0.29, 0.717) is 12.8 Å². The fourth-order valence-corrected chi connectivity index (χ4v) is 2.44. The Balaban J connectivity index is 2.15. The van der Waals surface area contributed by atoms with E-state index in [-0.39, 0.29) is 5.97 Å². The number of ether oxygens (including phenoxy) is 1. The van der Waals surface area contributed by atoms with Crippen LogP contribution in [0, 0.1) is 6.92 Å². The van der Waals surface area contributed by atoms with E-state index in [1.807, 2.05) is 28.7 Å². The first kappa shape index (κ1) is 12.6. The summed E-state index contributed by atoms with van der Waals surface area (Å²) in [4.78, 5) is 11.3. The van der Waals surface area contributed by atoms with E-state index in [1.165, 1.54) is 18.1 Å². The molecule has 0 amide bonds. The van der Waals surface area contributed by atoms with Crippen molar-refractivity contribution in [3.05, 3.63) is 41.7 Å². The third-order valence-electron chi connectivity index (χ3n) is 3.45. The molecule has 1 aromatic carbocycles. The molecule has 5 heteroatoms. The maximum Gasteiger partial charge on any atom is 0.305 e. The average molecular weight is 269 g/mol. The highest BCUT2D eigenvalue weighted by atomic mass is 16.5. The summed E-state index contributed by atoms with van der Waals surface area (Å²) in [7, 11) is 1.39. The molecule has 0 atom stereocenters. The van der Waals surface area contributed by atoms with E-state index in [1.54, 1.807) is 0 Å². The molecule has 0 saturated heterocycles. The molecule has 3 aromatic rings. The van der Waals surface area contributed by atoms with Crippen molar-refractivity contribution in [2.75, 3.05) is 7.11 Å². The van der Waals surface area contributed by atoms with Crippen molar-refractivity contribution in [1.82, 2.24) is 14.6 Å². The standard InChI is InChI=1S/C15H15N3O2/c1-10-9-14-17-16-13(7-8-15(19)20-2)18(14)12-6-4-3-5-11(10)12/h3-6,9H,7-8H2,1-2H3. The van der Waals surface area contributed by atoms with E-state index in [2.05, 4.69) is 27.9 Å². The summed E-state index contributed by atoms with van der Waals surface area (Å²) in [6.07, 6.45) is 0.820. The van der Waals surface area contributed by atoms with Crippen molar-refractivity contribution in [2.45, 2.75) is 19.8 Å². The van der Waals surface area contributed by atoms with E-state index in [9.17, 15) is 4.79 Å². The average Bonchev–Trinajstić information content (AvgIpc) is 2.88. The van der Waals surface area contributed by atoms with Crippen LogP contribution in [0.1, 0.15) is 17.8 Å². The van der Waals surface area contributed by atoms with Crippen molar-refractivity contribution in [3.63, 3.8) is 0 Å². The van der Waals surface area contributed by atoms with Crippen LogP contribution in [0.5, 0.6) is 0 Å². The van der Waals surface area contributed by atoms with Crippen LogP contribution in [-0.2, 0) is 16.0 Å². The zero-order valence-corrected chi connectivity index (χ0v) is 11.5. The fourth-order valence-electron chi connectivity index (χ4n) is 2.44. The zero-order valence-electron chi connectivity index (χ0n) is 11.5. The minimum Gasteiger partial charge on any atom is -0.469 e. The summed E-state index contributed by atoms with van der Waals surface area (Å²) < 4.78 is 6.68. The van der Waals surface area contributed by atoms with Crippen LogP contribution in [0.2, 0.25) is 0 Å². The number of rotatable bonds is 3. The molecule has 0 radical (unpaired) electrons. The first-order valence-electron chi connectivity index (χ1n) is 6.50. The number of aryl methyl sites for hydroxylation is 2.